The number of carbonyl (C=O) groups is 4. The van der Waals surface area contributed by atoms with Crippen molar-refractivity contribution >= 4 is 117 Å². The Bertz CT molecular complexity index is 953. The van der Waals surface area contributed by atoms with Gasteiger partial charge in [0.2, 0.25) is 0 Å². The van der Waals surface area contributed by atoms with E-state index in [4.69, 9.17) is 0 Å². The molecule has 0 N–H and O–H groups in total. The Hall–Kier alpha value is 1.48. The molecule has 280 valence electrons. The van der Waals surface area contributed by atoms with Crippen molar-refractivity contribution < 1.29 is 19.2 Å². The highest BCUT2D eigenvalue weighted by molar-refractivity contribution is 8.10. The Morgan fingerprint density at radius 1 is 0.562 bits per heavy atom. The summed E-state index contributed by atoms with van der Waals surface area (Å²) in [7, 11) is 0. The van der Waals surface area contributed by atoms with Gasteiger partial charge < -0.3 is 0 Å². The lowest BCUT2D eigenvalue weighted by atomic mass is 10.2. The predicted octanol–water partition coefficient (Wildman–Crippen LogP) is 10.4. The summed E-state index contributed by atoms with van der Waals surface area (Å²) < 4.78 is 0. The van der Waals surface area contributed by atoms with Gasteiger partial charge in [-0.05, 0) is 24.3 Å². The third kappa shape index (κ3) is 16.2. The summed E-state index contributed by atoms with van der Waals surface area (Å²) in [5.41, 5.74) is 0. The van der Waals surface area contributed by atoms with Crippen LogP contribution in [-0.2, 0) is 19.2 Å². The number of hydrogen-bond donors (Lipinski definition) is 0. The van der Waals surface area contributed by atoms with Crippen molar-refractivity contribution in [3.05, 3.63) is 0 Å². The SMILES string of the molecule is CCSC(CS[C@H](CC)[C@H]1SCC(C(=O)CC)S[C@H]([C@@H](CC)SCC(SCC)C(=O)CC)[C@H](C)SC(C(=O)CC)CS[C@H]1C)C(=O)CC. The molecule has 0 bridgehead atoms. The van der Waals surface area contributed by atoms with Gasteiger partial charge in [0.1, 0.15) is 23.1 Å². The fourth-order valence-electron chi connectivity index (χ4n) is 5.61. The van der Waals surface area contributed by atoms with Gasteiger partial charge in [-0.2, -0.15) is 70.6 Å². The molecule has 1 saturated heterocycles. The molecule has 0 spiro atoms. The molecule has 0 aromatic carbocycles. The van der Waals surface area contributed by atoms with E-state index in [9.17, 15) is 19.2 Å². The zero-order valence-corrected chi connectivity index (χ0v) is 37.7. The Balaban J connectivity index is 3.49. The predicted molar refractivity (Wildman–Crippen MR) is 232 cm³/mol. The maximum absolute atomic E-state index is 13.7. The third-order valence-electron chi connectivity index (χ3n) is 8.60. The first-order valence-corrected chi connectivity index (χ1v) is 26.2. The van der Waals surface area contributed by atoms with Crippen molar-refractivity contribution in [2.45, 2.75) is 160 Å². The molecular weight excluding hydrogens is 753 g/mol. The molecule has 4 nitrogen and oxygen atoms in total. The Morgan fingerprint density at radius 3 is 1.42 bits per heavy atom. The van der Waals surface area contributed by atoms with E-state index in [1.807, 2.05) is 98.3 Å². The summed E-state index contributed by atoms with van der Waals surface area (Å²) in [6.07, 6.45) is 4.15. The highest BCUT2D eigenvalue weighted by Gasteiger charge is 2.38. The molecule has 1 aliphatic rings. The van der Waals surface area contributed by atoms with Gasteiger partial charge in [-0.15, -0.1) is 23.5 Å². The number of Topliss-reactive ketones (excluding diaryl/α,β-unsaturated/α-hetero) is 4. The molecule has 0 saturated carbocycles. The monoisotopic (exact) mass is 816 g/mol. The number of carbonyl (C=O) groups excluding carboxylic acids is 4. The minimum Gasteiger partial charge on any atom is -0.298 e. The van der Waals surface area contributed by atoms with E-state index in [2.05, 4.69) is 41.5 Å². The van der Waals surface area contributed by atoms with Crippen molar-refractivity contribution in [3.8, 4) is 0 Å². The standard InChI is InChI=1S/C36H64O4S8/c1-11-25(37)31(41-17-7)19-44-29(15-5)35-23(9)43-21-33(27(39)13-3)47-24(10)36(48-34(22-46-35)28(40)14-4)30(16-6)45-20-32(42-18-8)26(38)12-2/h23-24,29-36H,11-22H2,1-10H3/t23-,24-,29+,30+,31?,32?,33?,34?,35-,36-/m0/s1. The minimum atomic E-state index is -0.118. The maximum atomic E-state index is 13.7. The van der Waals surface area contributed by atoms with Gasteiger partial charge in [0.15, 0.2) is 0 Å². The van der Waals surface area contributed by atoms with Crippen LogP contribution >= 0.6 is 94.1 Å². The molecule has 48 heavy (non-hydrogen) atoms. The van der Waals surface area contributed by atoms with Crippen LogP contribution in [-0.4, -0.2) is 110 Å². The van der Waals surface area contributed by atoms with Gasteiger partial charge >= 0.3 is 0 Å². The fourth-order valence-corrected chi connectivity index (χ4v) is 18.7. The van der Waals surface area contributed by atoms with Crippen molar-refractivity contribution in [2.75, 3.05) is 34.5 Å². The zero-order chi connectivity index (χ0) is 36.2. The van der Waals surface area contributed by atoms with Gasteiger partial charge in [0.05, 0.1) is 21.0 Å². The van der Waals surface area contributed by atoms with Crippen LogP contribution in [0.2, 0.25) is 0 Å². The van der Waals surface area contributed by atoms with Crippen molar-refractivity contribution in [1.29, 1.82) is 0 Å². The van der Waals surface area contributed by atoms with E-state index >= 15 is 0 Å². The zero-order valence-electron chi connectivity index (χ0n) is 31.2. The lowest BCUT2D eigenvalue weighted by Crippen LogP contribution is -2.39. The second-order valence-corrected chi connectivity index (χ2v) is 23.1. The summed E-state index contributed by atoms with van der Waals surface area (Å²) in [4.78, 5) is 52.6. The molecule has 12 heteroatoms. The Labute approximate surface area is 328 Å². The van der Waals surface area contributed by atoms with E-state index in [0.29, 0.717) is 64.6 Å². The Morgan fingerprint density at radius 2 is 1.00 bits per heavy atom. The summed E-state index contributed by atoms with van der Waals surface area (Å²) in [5.74, 6) is 6.32. The van der Waals surface area contributed by atoms with Crippen LogP contribution in [0.15, 0.2) is 0 Å². The molecule has 10 atom stereocenters. The molecule has 4 unspecified atom stereocenters. The van der Waals surface area contributed by atoms with Gasteiger partial charge in [0, 0.05) is 80.2 Å². The molecule has 1 heterocycles. The Kier molecular flexibility index (Phi) is 26.8. The van der Waals surface area contributed by atoms with Crippen LogP contribution in [0.1, 0.15) is 108 Å². The molecule has 1 aliphatic heterocycles. The fraction of sp³-hybridized carbons (Fsp3) is 0.889. The van der Waals surface area contributed by atoms with Gasteiger partial charge in [-0.3, -0.25) is 19.2 Å². The molecule has 1 rings (SSSR count). The van der Waals surface area contributed by atoms with Gasteiger partial charge in [-0.25, -0.2) is 0 Å². The summed E-state index contributed by atoms with van der Waals surface area (Å²) in [5, 5.41) is 1.47. The van der Waals surface area contributed by atoms with E-state index in [1.54, 1.807) is 23.5 Å². The molecule has 0 aliphatic carbocycles. The topological polar surface area (TPSA) is 68.3 Å². The molecule has 0 amide bonds. The molecule has 1 fully saturated rings. The lowest BCUT2D eigenvalue weighted by molar-refractivity contribution is -0.118. The smallest absolute Gasteiger partial charge is 0.146 e. The number of ketones is 4. The lowest BCUT2D eigenvalue weighted by Gasteiger charge is -2.37. The average molecular weight is 817 g/mol. The second-order valence-electron chi connectivity index (χ2n) is 12.0. The highest BCUT2D eigenvalue weighted by Crippen LogP contribution is 2.44. The largest absolute Gasteiger partial charge is 0.298 e. The van der Waals surface area contributed by atoms with Crippen molar-refractivity contribution in [3.63, 3.8) is 0 Å². The van der Waals surface area contributed by atoms with Crippen molar-refractivity contribution in [2.24, 2.45) is 0 Å². The first-order valence-electron chi connectivity index (χ1n) is 18.1. The van der Waals surface area contributed by atoms with Crippen LogP contribution in [0, 0.1) is 0 Å². The molecule has 0 aromatic rings. The molecular formula is C36H64O4S8. The summed E-state index contributed by atoms with van der Waals surface area (Å²) >= 11 is 14.9. The maximum Gasteiger partial charge on any atom is 0.146 e. The van der Waals surface area contributed by atoms with Crippen LogP contribution in [0.3, 0.4) is 0 Å². The third-order valence-corrected chi connectivity index (χ3v) is 21.9. The van der Waals surface area contributed by atoms with E-state index in [0.717, 1.165) is 47.4 Å². The van der Waals surface area contributed by atoms with Gasteiger partial charge in [0.25, 0.3) is 0 Å². The minimum absolute atomic E-state index is 0.00126. The molecule has 0 radical (unpaired) electrons. The van der Waals surface area contributed by atoms with Crippen LogP contribution < -0.4 is 0 Å². The van der Waals surface area contributed by atoms with Crippen LogP contribution in [0.5, 0.6) is 0 Å². The average Bonchev–Trinajstić information content (AvgIpc) is 3.09. The highest BCUT2D eigenvalue weighted by atomic mass is 32.2. The van der Waals surface area contributed by atoms with Crippen molar-refractivity contribution in [1.82, 2.24) is 0 Å². The van der Waals surface area contributed by atoms with E-state index in [-0.39, 0.29) is 36.7 Å². The van der Waals surface area contributed by atoms with Crippen LogP contribution in [0.25, 0.3) is 0 Å². The van der Waals surface area contributed by atoms with E-state index < -0.39 is 0 Å². The number of rotatable bonds is 22. The van der Waals surface area contributed by atoms with Gasteiger partial charge in [-0.1, -0.05) is 69.2 Å². The first kappa shape index (κ1) is 47.5. The quantitative estimate of drug-likeness (QED) is 0.105. The van der Waals surface area contributed by atoms with Crippen LogP contribution in [0.4, 0.5) is 0 Å². The van der Waals surface area contributed by atoms with E-state index in [1.165, 1.54) is 0 Å². The number of hydrogen-bond acceptors (Lipinski definition) is 12. The summed E-state index contributed by atoms with van der Waals surface area (Å²) in [6.45, 7) is 21.2. The second kappa shape index (κ2) is 27.1. The summed E-state index contributed by atoms with van der Waals surface area (Å²) in [6, 6.07) is 0. The normalized spacial score (nSPS) is 26.8. The number of thioether (sulfide) groups is 8. The first-order chi connectivity index (χ1) is 23.0. The molecule has 0 aromatic heterocycles.